The van der Waals surface area contributed by atoms with Crippen molar-refractivity contribution in [2.24, 2.45) is 23.7 Å². The first-order valence-corrected chi connectivity index (χ1v) is 66.0. The van der Waals surface area contributed by atoms with E-state index in [0.29, 0.717) is 87.0 Å². The highest BCUT2D eigenvalue weighted by molar-refractivity contribution is 6.75. The molecule has 0 radical (unpaired) electrons. The fourth-order valence-electron chi connectivity index (χ4n) is 21.1. The van der Waals surface area contributed by atoms with Crippen molar-refractivity contribution in [3.8, 4) is 17.2 Å². The number of ether oxygens (including phenoxy) is 17. The van der Waals surface area contributed by atoms with Crippen molar-refractivity contribution in [2.45, 2.75) is 457 Å². The van der Waals surface area contributed by atoms with Crippen molar-refractivity contribution < 1.29 is 117 Å². The average molecular weight is 2200 g/mol. The van der Waals surface area contributed by atoms with Gasteiger partial charge in [-0.05, 0) is 177 Å². The van der Waals surface area contributed by atoms with Crippen molar-refractivity contribution >= 4 is 103 Å². The maximum Gasteiger partial charge on any atom is 0.308 e. The average Bonchev–Trinajstić information content (AvgIpc) is 0.745. The van der Waals surface area contributed by atoms with Crippen LogP contribution in [0.3, 0.4) is 0 Å². The number of carbonyl (C=O) groups excluding carboxylic acids is 4. The van der Waals surface area contributed by atoms with E-state index in [1.165, 1.54) is 13.8 Å². The molecule has 9 rings (SSSR count). The van der Waals surface area contributed by atoms with Gasteiger partial charge in [0.2, 0.25) is 3.79 Å². The lowest BCUT2D eigenvalue weighted by Crippen LogP contribution is -2.67. The Balaban J connectivity index is 1.03. The second-order valence-corrected chi connectivity index (χ2v) is 69.1. The molecule has 6 aliphatic heterocycles. The fraction of sp³-hybridized carbons (Fsp3) is 0.719. The number of unbranched alkanes of at least 4 members (excludes halogenated alkanes) is 1. The summed E-state index contributed by atoms with van der Waals surface area (Å²) in [4.78, 5) is 55.2. The minimum Gasteiger partial charge on any atom is -0.497 e. The third-order valence-electron chi connectivity index (χ3n) is 32.6. The Labute approximate surface area is 904 Å². The van der Waals surface area contributed by atoms with E-state index in [9.17, 15) is 14.4 Å². The molecule has 0 N–H and O–H groups in total. The second-order valence-electron chi connectivity index (χ2n) is 47.2. The van der Waals surface area contributed by atoms with Gasteiger partial charge >= 0.3 is 17.9 Å². The van der Waals surface area contributed by atoms with E-state index >= 15 is 4.79 Å². The quantitative estimate of drug-likeness (QED) is 0.00967. The van der Waals surface area contributed by atoms with E-state index in [-0.39, 0.29) is 103 Å². The van der Waals surface area contributed by atoms with Crippen LogP contribution in [-0.4, -0.2) is 224 Å². The van der Waals surface area contributed by atoms with Crippen LogP contribution in [0, 0.1) is 23.7 Å². The maximum atomic E-state index is 15.5. The Kier molecular flexibility index (Phi) is 46.0. The number of halogens is 4. The number of carbonyl (C=O) groups is 4. The summed E-state index contributed by atoms with van der Waals surface area (Å²) in [5, 5.41) is -0.0544. The Morgan fingerprint density at radius 2 is 1.10 bits per heavy atom. The lowest BCUT2D eigenvalue weighted by molar-refractivity contribution is -0.368. The first kappa shape index (κ1) is 126. The van der Waals surface area contributed by atoms with Crippen molar-refractivity contribution in [1.29, 1.82) is 0 Å². The molecule has 6 saturated heterocycles. The molecule has 3 aromatic rings. The fourth-order valence-corrected chi connectivity index (χ4v) is 28.5. The molecule has 2 spiro atoms. The van der Waals surface area contributed by atoms with Gasteiger partial charge in [-0.1, -0.05) is 243 Å². The van der Waals surface area contributed by atoms with Gasteiger partial charge in [0.25, 0.3) is 0 Å². The van der Waals surface area contributed by atoms with Crippen molar-refractivity contribution in [2.75, 3.05) is 42.2 Å². The molecule has 3 aromatic carbocycles. The Bertz CT molecular complexity index is 4770. The first-order valence-electron chi connectivity index (χ1n) is 53.3. The summed E-state index contributed by atoms with van der Waals surface area (Å²) in [6.45, 7) is 66.9. The number of hydrogen-bond acceptors (Lipinski definition) is 25. The normalized spacial score (nSPS) is 28.9. The molecular formula is C114H180Cl4O25Si4. The van der Waals surface area contributed by atoms with Gasteiger partial charge < -0.3 is 98.2 Å². The number of hydrogen-bond donors (Lipinski definition) is 0. The third-order valence-corrected chi connectivity index (χ3v) is 51.4. The lowest BCUT2D eigenvalue weighted by Gasteiger charge is -2.55. The van der Waals surface area contributed by atoms with Crippen LogP contribution in [0.4, 0.5) is 0 Å². The molecule has 147 heavy (non-hydrogen) atoms. The Morgan fingerprint density at radius 3 is 1.63 bits per heavy atom. The number of alkyl halides is 3. The van der Waals surface area contributed by atoms with Crippen LogP contribution in [0.2, 0.25) is 72.5 Å². The number of ketones is 1. The van der Waals surface area contributed by atoms with Gasteiger partial charge in [-0.3, -0.25) is 19.2 Å². The van der Waals surface area contributed by atoms with E-state index < -0.39 is 182 Å². The largest absolute Gasteiger partial charge is 0.497 e. The topological polar surface area (TPSA) is 262 Å². The molecule has 0 amide bonds. The zero-order chi connectivity index (χ0) is 109. The smallest absolute Gasteiger partial charge is 0.308 e. The van der Waals surface area contributed by atoms with E-state index in [4.69, 9.17) is 151 Å². The number of methoxy groups -OCH3 is 5. The maximum absolute atomic E-state index is 15.5. The van der Waals surface area contributed by atoms with Crippen LogP contribution in [0.1, 0.15) is 257 Å². The molecule has 25 nitrogen and oxygen atoms in total. The number of allylic oxidation sites excluding steroid dienone is 3. The zero-order valence-electron chi connectivity index (χ0n) is 94.1. The molecule has 0 bridgehead atoms. The molecule has 0 saturated carbocycles. The molecule has 33 heteroatoms. The van der Waals surface area contributed by atoms with E-state index in [0.717, 1.165) is 51.9 Å². The van der Waals surface area contributed by atoms with Crippen LogP contribution < -0.4 is 14.2 Å². The Morgan fingerprint density at radius 1 is 0.578 bits per heavy atom. The predicted molar refractivity (Wildman–Crippen MR) is 591 cm³/mol. The molecule has 24 atom stereocenters. The monoisotopic (exact) mass is 2200 g/mol. The molecule has 6 aliphatic rings. The summed E-state index contributed by atoms with van der Waals surface area (Å²) < 4.78 is 143. The molecule has 6 fully saturated rings. The van der Waals surface area contributed by atoms with Gasteiger partial charge in [0.05, 0.1) is 132 Å². The summed E-state index contributed by atoms with van der Waals surface area (Å²) in [6.07, 6.45) is 3.77. The third kappa shape index (κ3) is 35.6. The van der Waals surface area contributed by atoms with Gasteiger partial charge in [0.15, 0.2) is 50.6 Å². The van der Waals surface area contributed by atoms with Gasteiger partial charge in [0.1, 0.15) is 54.1 Å². The molecule has 0 aliphatic carbocycles. The summed E-state index contributed by atoms with van der Waals surface area (Å²) in [5.74, 6) is -6.02. The molecule has 6 heterocycles. The van der Waals surface area contributed by atoms with Gasteiger partial charge in [-0.2, -0.15) is 0 Å². The summed E-state index contributed by atoms with van der Waals surface area (Å²) >= 11 is 24.5. The Hall–Kier alpha value is -4.73. The standard InChI is InChI=1S/C114H180Cl4O25Si4/c1-34-147(35-2,36-3)143-110(22)64-95(138-112(72-110)66-94(132-81(11)119)61-92(137-112)63-101(122)131-73-114(116,117)118)58-75(5)77(7)102(133-82(12)120)78(8)97(121)62-91-60-93(126-26)65-111(136-91)67-96(141-145(30,31)108(16,17)18)59-89(135-111)40-38-37-39-41-98-79(9)100(142-146(32,33)109(19,20)21)68-113(127-27,139-98)106(130-71-85-47-54-88(125-25)55-48-85)104-80(10)103(128-69-83-43-50-86(123-23)51-44-83)105(129-70-84-45-52-87(124-24)53-46-84)99(134-104)57-74(4)56-90(49-42-76(6)115)140-144(28,29)107(13,14)15/h38,40,42-55,77-80,89-96,98-100,102-106H,4-6,34-37,39,41,56-73H2,1-3,7-33H3/b40-38-,49-42+/t77-,78-,79+,80-,89+,90-,91+,92-,93+,94+,95+,96+,98-,99-,100+,102+,103-,104-,105-,106+,110+,111+,112-,113-/m1/s1. The van der Waals surface area contributed by atoms with Gasteiger partial charge in [-0.15, -0.1) is 0 Å². The van der Waals surface area contributed by atoms with Crippen LogP contribution in [0.5, 0.6) is 17.2 Å². The highest BCUT2D eigenvalue weighted by atomic mass is 35.6. The van der Waals surface area contributed by atoms with Crippen LogP contribution >= 0.6 is 46.4 Å². The van der Waals surface area contributed by atoms with E-state index in [2.05, 4.69) is 168 Å². The highest BCUT2D eigenvalue weighted by Crippen LogP contribution is 2.54. The minimum atomic E-state index is -2.59. The van der Waals surface area contributed by atoms with Crippen molar-refractivity contribution in [1.82, 2.24) is 0 Å². The van der Waals surface area contributed by atoms with Crippen LogP contribution in [-0.2, 0) is 123 Å². The molecule has 830 valence electrons. The lowest BCUT2D eigenvalue weighted by atomic mass is 9.78. The molecule has 0 aromatic heterocycles. The number of rotatable bonds is 51. The zero-order valence-corrected chi connectivity index (χ0v) is 101. The van der Waals surface area contributed by atoms with Crippen molar-refractivity contribution in [3.05, 3.63) is 150 Å². The second kappa shape index (κ2) is 53.8. The number of benzene rings is 3. The van der Waals surface area contributed by atoms with Crippen LogP contribution in [0.25, 0.3) is 0 Å². The summed E-state index contributed by atoms with van der Waals surface area (Å²) in [7, 11) is -1.43. The van der Waals surface area contributed by atoms with E-state index in [1.54, 1.807) is 48.5 Å². The minimum absolute atomic E-state index is 0.0476. The SMILES string of the molecule is C=C(Cl)/C=C/[C@H](CC(=C)C[C@H]1O[C@@H]([C@H](OCc2ccc(OC)cc2)[C@@]2(OC)C[C@H](O[Si](C)(C)C(C)(C)C)[C@@H](C)[C@@H](CCC/C=C\[C@H]3C[C@H](O[Si](C)(C)C(C)(C)C)C[C@@]4(C[C@@H](OC)C[C@@H](CC(=O)[C@@H](C)[C@@H](OC(C)=O)[C@H](C)C(=C)C[C@H]5C[C@](C)(O[Si](CC)(CC)CC)C[C@@]6(C[C@@H](OC(C)=O)C[C@H](CC(=O)OCC(Cl)(Cl)Cl)O6)O5)O4)O3)O2)[C@H](C)[C@@H](OCc2ccc(OC)cc2)[C@@H]1OCc1ccc(OC)cc1)O[Si](C)(C)C(C)(C)C. The molecular weight excluding hydrogens is 2020 g/mol. The number of esters is 3. The number of Topliss-reactive ketones (excluding diaryl/α,β-unsaturated/α-hetero) is 1. The summed E-state index contributed by atoms with van der Waals surface area (Å²) in [6, 6.07) is 26.3. The molecule has 0 unspecified atom stereocenters. The van der Waals surface area contributed by atoms with Gasteiger partial charge in [0, 0.05) is 115 Å². The predicted octanol–water partition coefficient (Wildman–Crippen LogP) is 26.7. The van der Waals surface area contributed by atoms with E-state index in [1.807, 2.05) is 85.8 Å². The van der Waals surface area contributed by atoms with Crippen LogP contribution in [0.15, 0.2) is 133 Å². The van der Waals surface area contributed by atoms with Gasteiger partial charge in [-0.25, -0.2) is 0 Å². The highest BCUT2D eigenvalue weighted by Gasteiger charge is 2.62. The first-order chi connectivity index (χ1) is 68.5. The van der Waals surface area contributed by atoms with Crippen molar-refractivity contribution in [3.63, 3.8) is 0 Å². The summed E-state index contributed by atoms with van der Waals surface area (Å²) in [5.41, 5.74) is 3.44.